The molecule has 3 rings (SSSR count). The van der Waals surface area contributed by atoms with Gasteiger partial charge in [-0.1, -0.05) is 6.07 Å². The zero-order valence-electron chi connectivity index (χ0n) is 11.1. The van der Waals surface area contributed by atoms with Crippen LogP contribution in [0, 0.1) is 5.92 Å². The number of fused-ring (bicyclic) bond motifs is 1. The van der Waals surface area contributed by atoms with Gasteiger partial charge in [-0.25, -0.2) is 0 Å². The standard InChI is InChI=1S/C15H21NO3/c17-13-4-1-11(2-5-13)8-16-9-12-3-6-14-15(7-12)19-10-18-14/h3,6-7,11,13,16-17H,1-2,4-5,8-10H2. The smallest absolute Gasteiger partial charge is 0.231 e. The first kappa shape index (κ1) is 12.8. The molecule has 0 atom stereocenters. The number of aliphatic hydroxyl groups excluding tert-OH is 1. The lowest BCUT2D eigenvalue weighted by atomic mass is 9.87. The molecular formula is C15H21NO3. The molecule has 1 aromatic carbocycles. The second kappa shape index (κ2) is 5.80. The van der Waals surface area contributed by atoms with Crippen LogP contribution in [0.25, 0.3) is 0 Å². The molecule has 2 aliphatic rings. The van der Waals surface area contributed by atoms with Crippen molar-refractivity contribution in [2.45, 2.75) is 38.3 Å². The summed E-state index contributed by atoms with van der Waals surface area (Å²) in [6, 6.07) is 6.08. The van der Waals surface area contributed by atoms with Crippen molar-refractivity contribution in [1.29, 1.82) is 0 Å². The Morgan fingerprint density at radius 2 is 1.89 bits per heavy atom. The number of rotatable bonds is 4. The summed E-state index contributed by atoms with van der Waals surface area (Å²) >= 11 is 0. The van der Waals surface area contributed by atoms with Crippen molar-refractivity contribution in [3.05, 3.63) is 23.8 Å². The maximum Gasteiger partial charge on any atom is 0.231 e. The maximum absolute atomic E-state index is 9.47. The van der Waals surface area contributed by atoms with Gasteiger partial charge in [-0.2, -0.15) is 0 Å². The quantitative estimate of drug-likeness (QED) is 0.873. The van der Waals surface area contributed by atoms with E-state index in [1.807, 2.05) is 12.1 Å². The van der Waals surface area contributed by atoms with E-state index in [2.05, 4.69) is 11.4 Å². The van der Waals surface area contributed by atoms with Gasteiger partial charge in [0.2, 0.25) is 6.79 Å². The zero-order valence-corrected chi connectivity index (χ0v) is 11.1. The van der Waals surface area contributed by atoms with Crippen LogP contribution in [0.15, 0.2) is 18.2 Å². The van der Waals surface area contributed by atoms with Crippen LogP contribution in [-0.4, -0.2) is 24.5 Å². The summed E-state index contributed by atoms with van der Waals surface area (Å²) in [6.45, 7) is 2.22. The van der Waals surface area contributed by atoms with Crippen molar-refractivity contribution in [2.24, 2.45) is 5.92 Å². The highest BCUT2D eigenvalue weighted by molar-refractivity contribution is 5.44. The van der Waals surface area contributed by atoms with Crippen LogP contribution in [0.5, 0.6) is 11.5 Å². The highest BCUT2D eigenvalue weighted by Gasteiger charge is 2.19. The van der Waals surface area contributed by atoms with E-state index in [0.29, 0.717) is 12.7 Å². The highest BCUT2D eigenvalue weighted by Crippen LogP contribution is 2.32. The van der Waals surface area contributed by atoms with Gasteiger partial charge in [0.15, 0.2) is 11.5 Å². The molecule has 4 nitrogen and oxygen atoms in total. The third-order valence-corrected chi connectivity index (χ3v) is 4.02. The molecule has 0 aromatic heterocycles. The van der Waals surface area contributed by atoms with Gasteiger partial charge in [-0.15, -0.1) is 0 Å². The van der Waals surface area contributed by atoms with E-state index in [4.69, 9.17) is 9.47 Å². The van der Waals surface area contributed by atoms with Crippen molar-refractivity contribution >= 4 is 0 Å². The van der Waals surface area contributed by atoms with Crippen LogP contribution in [0.2, 0.25) is 0 Å². The van der Waals surface area contributed by atoms with Gasteiger partial charge in [0.1, 0.15) is 0 Å². The van der Waals surface area contributed by atoms with E-state index in [0.717, 1.165) is 50.3 Å². The lowest BCUT2D eigenvalue weighted by Crippen LogP contribution is -2.27. The number of ether oxygens (including phenoxy) is 2. The fourth-order valence-corrected chi connectivity index (χ4v) is 2.82. The first-order chi connectivity index (χ1) is 9.31. The Kier molecular flexibility index (Phi) is 3.89. The number of hydrogen-bond donors (Lipinski definition) is 2. The van der Waals surface area contributed by atoms with Gasteiger partial charge in [0, 0.05) is 6.54 Å². The van der Waals surface area contributed by atoms with Crippen LogP contribution >= 0.6 is 0 Å². The molecule has 0 amide bonds. The summed E-state index contributed by atoms with van der Waals surface area (Å²) in [5.41, 5.74) is 1.22. The molecular weight excluding hydrogens is 242 g/mol. The van der Waals surface area contributed by atoms with Crippen molar-refractivity contribution in [3.63, 3.8) is 0 Å². The second-order valence-corrected chi connectivity index (χ2v) is 5.49. The summed E-state index contributed by atoms with van der Waals surface area (Å²) in [5.74, 6) is 2.39. The van der Waals surface area contributed by atoms with Gasteiger partial charge in [0.05, 0.1) is 6.10 Å². The van der Waals surface area contributed by atoms with Gasteiger partial charge < -0.3 is 19.9 Å². The molecule has 1 aliphatic carbocycles. The Balaban J connectivity index is 1.45. The fourth-order valence-electron chi connectivity index (χ4n) is 2.82. The molecule has 1 aromatic rings. The van der Waals surface area contributed by atoms with Gasteiger partial charge in [-0.05, 0) is 55.8 Å². The van der Waals surface area contributed by atoms with E-state index in [-0.39, 0.29) is 6.10 Å². The lowest BCUT2D eigenvalue weighted by molar-refractivity contribution is 0.108. The third kappa shape index (κ3) is 3.19. The molecule has 0 spiro atoms. The van der Waals surface area contributed by atoms with Crippen LogP contribution in [0.3, 0.4) is 0 Å². The van der Waals surface area contributed by atoms with Crippen molar-refractivity contribution in [1.82, 2.24) is 5.32 Å². The normalized spacial score (nSPS) is 25.5. The van der Waals surface area contributed by atoms with E-state index < -0.39 is 0 Å². The molecule has 0 bridgehead atoms. The largest absolute Gasteiger partial charge is 0.454 e. The van der Waals surface area contributed by atoms with Crippen molar-refractivity contribution in [3.8, 4) is 11.5 Å². The van der Waals surface area contributed by atoms with Crippen LogP contribution < -0.4 is 14.8 Å². The maximum atomic E-state index is 9.47. The SMILES string of the molecule is OC1CCC(CNCc2ccc3c(c2)OCO3)CC1. The Labute approximate surface area is 113 Å². The minimum atomic E-state index is -0.0647. The number of benzene rings is 1. The molecule has 0 saturated heterocycles. The van der Waals surface area contributed by atoms with E-state index >= 15 is 0 Å². The van der Waals surface area contributed by atoms with E-state index in [9.17, 15) is 5.11 Å². The van der Waals surface area contributed by atoms with Crippen LogP contribution in [-0.2, 0) is 6.54 Å². The molecule has 4 heteroatoms. The number of nitrogens with one attached hydrogen (secondary N) is 1. The van der Waals surface area contributed by atoms with Crippen LogP contribution in [0.1, 0.15) is 31.2 Å². The Bertz CT molecular complexity index is 427. The molecule has 0 radical (unpaired) electrons. The van der Waals surface area contributed by atoms with Crippen molar-refractivity contribution < 1.29 is 14.6 Å². The summed E-state index contributed by atoms with van der Waals surface area (Å²) in [5, 5.41) is 13.0. The molecule has 19 heavy (non-hydrogen) atoms. The average Bonchev–Trinajstić information content (AvgIpc) is 2.88. The van der Waals surface area contributed by atoms with E-state index in [1.165, 1.54) is 5.56 Å². The minimum Gasteiger partial charge on any atom is -0.454 e. The van der Waals surface area contributed by atoms with Gasteiger partial charge >= 0.3 is 0 Å². The minimum absolute atomic E-state index is 0.0647. The van der Waals surface area contributed by atoms with Crippen molar-refractivity contribution in [2.75, 3.05) is 13.3 Å². The summed E-state index contributed by atoms with van der Waals surface area (Å²) in [7, 11) is 0. The first-order valence-electron chi connectivity index (χ1n) is 7.08. The molecule has 1 heterocycles. The Morgan fingerprint density at radius 1 is 1.11 bits per heavy atom. The third-order valence-electron chi connectivity index (χ3n) is 4.02. The predicted octanol–water partition coefficient (Wildman–Crippen LogP) is 2.06. The lowest BCUT2D eigenvalue weighted by Gasteiger charge is -2.25. The summed E-state index contributed by atoms with van der Waals surface area (Å²) in [6.07, 6.45) is 4.11. The van der Waals surface area contributed by atoms with Crippen LogP contribution in [0.4, 0.5) is 0 Å². The van der Waals surface area contributed by atoms with Gasteiger partial charge in [0.25, 0.3) is 0 Å². The predicted molar refractivity (Wildman–Crippen MR) is 72.2 cm³/mol. The topological polar surface area (TPSA) is 50.7 Å². The molecule has 1 saturated carbocycles. The van der Waals surface area contributed by atoms with E-state index in [1.54, 1.807) is 0 Å². The molecule has 104 valence electrons. The van der Waals surface area contributed by atoms with Gasteiger partial charge in [-0.3, -0.25) is 0 Å². The fraction of sp³-hybridized carbons (Fsp3) is 0.600. The number of aliphatic hydroxyl groups is 1. The summed E-state index contributed by atoms with van der Waals surface area (Å²) < 4.78 is 10.7. The monoisotopic (exact) mass is 263 g/mol. The molecule has 1 fully saturated rings. The number of hydrogen-bond acceptors (Lipinski definition) is 4. The zero-order chi connectivity index (χ0) is 13.1. The molecule has 2 N–H and O–H groups in total. The summed E-state index contributed by atoms with van der Waals surface area (Å²) in [4.78, 5) is 0. The highest BCUT2D eigenvalue weighted by atomic mass is 16.7. The average molecular weight is 263 g/mol. The molecule has 0 unspecified atom stereocenters. The molecule has 1 aliphatic heterocycles. The Morgan fingerprint density at radius 3 is 2.74 bits per heavy atom. The second-order valence-electron chi connectivity index (χ2n) is 5.49. The first-order valence-corrected chi connectivity index (χ1v) is 7.08. The Hall–Kier alpha value is -1.26.